The van der Waals surface area contributed by atoms with E-state index in [0.717, 1.165) is 10.4 Å². The standard InChI is InChI=1S/C14H18N4O3S/c1-7-12(15)8(2)22-14(7)16-9(3)18(6-19)10-4-5-11(20)17-13(10)21/h6,10H,4-5,15H2,1-3H3,(H,17,20,21)/b16-9-. The van der Waals surface area contributed by atoms with Crippen molar-refractivity contribution in [3.05, 3.63) is 10.4 Å². The molecule has 7 nitrogen and oxygen atoms in total. The number of rotatable bonds is 3. The van der Waals surface area contributed by atoms with Crippen molar-refractivity contribution in [3.63, 3.8) is 0 Å². The molecule has 22 heavy (non-hydrogen) atoms. The molecule has 1 unspecified atom stereocenters. The maximum atomic E-state index is 11.9. The fourth-order valence-electron chi connectivity index (χ4n) is 2.29. The van der Waals surface area contributed by atoms with Gasteiger partial charge in [0.25, 0.3) is 0 Å². The second kappa shape index (κ2) is 6.27. The van der Waals surface area contributed by atoms with E-state index in [1.54, 1.807) is 6.92 Å². The van der Waals surface area contributed by atoms with Gasteiger partial charge in [0, 0.05) is 16.9 Å². The van der Waals surface area contributed by atoms with Gasteiger partial charge in [-0.2, -0.15) is 0 Å². The molecular formula is C14H18N4O3S. The monoisotopic (exact) mass is 322 g/mol. The van der Waals surface area contributed by atoms with Crippen LogP contribution in [0, 0.1) is 13.8 Å². The Hall–Kier alpha value is -2.22. The Bertz CT molecular complexity index is 665. The number of hydrogen-bond acceptors (Lipinski definition) is 6. The molecule has 0 aromatic carbocycles. The molecule has 1 atom stereocenters. The van der Waals surface area contributed by atoms with Crippen molar-refractivity contribution < 1.29 is 14.4 Å². The van der Waals surface area contributed by atoms with Gasteiger partial charge < -0.3 is 5.73 Å². The highest BCUT2D eigenvalue weighted by atomic mass is 32.1. The lowest BCUT2D eigenvalue weighted by Crippen LogP contribution is -2.53. The molecule has 8 heteroatoms. The quantitative estimate of drug-likeness (QED) is 0.378. The number of amidine groups is 1. The highest BCUT2D eigenvalue weighted by Gasteiger charge is 2.32. The number of nitrogens with zero attached hydrogens (tertiary/aromatic N) is 2. The van der Waals surface area contributed by atoms with Crippen LogP contribution in [-0.2, 0) is 14.4 Å². The van der Waals surface area contributed by atoms with E-state index in [2.05, 4.69) is 10.3 Å². The molecule has 0 spiro atoms. The summed E-state index contributed by atoms with van der Waals surface area (Å²) in [5, 5.41) is 2.95. The Balaban J connectivity index is 2.28. The first kappa shape index (κ1) is 16.2. The van der Waals surface area contributed by atoms with E-state index in [4.69, 9.17) is 5.73 Å². The maximum Gasteiger partial charge on any atom is 0.249 e. The Kier molecular flexibility index (Phi) is 4.60. The van der Waals surface area contributed by atoms with Gasteiger partial charge in [-0.05, 0) is 27.2 Å². The Labute approximate surface area is 132 Å². The van der Waals surface area contributed by atoms with E-state index in [9.17, 15) is 14.4 Å². The summed E-state index contributed by atoms with van der Waals surface area (Å²) in [6.07, 6.45) is 1.07. The lowest BCUT2D eigenvalue weighted by atomic mass is 10.0. The van der Waals surface area contributed by atoms with Crippen LogP contribution in [0.3, 0.4) is 0 Å². The molecule has 1 saturated heterocycles. The van der Waals surface area contributed by atoms with Crippen molar-refractivity contribution in [1.29, 1.82) is 0 Å². The number of nitrogens with one attached hydrogen (secondary N) is 1. The minimum absolute atomic E-state index is 0.206. The predicted molar refractivity (Wildman–Crippen MR) is 85.0 cm³/mol. The topological polar surface area (TPSA) is 105 Å². The summed E-state index contributed by atoms with van der Waals surface area (Å²) in [6, 6.07) is -0.710. The number of carbonyl (C=O) groups excluding carboxylic acids is 3. The van der Waals surface area contributed by atoms with E-state index >= 15 is 0 Å². The highest BCUT2D eigenvalue weighted by molar-refractivity contribution is 7.16. The first-order chi connectivity index (χ1) is 10.3. The van der Waals surface area contributed by atoms with Gasteiger partial charge in [0.1, 0.15) is 16.9 Å². The summed E-state index contributed by atoms with van der Waals surface area (Å²) in [7, 11) is 0. The van der Waals surface area contributed by atoms with Gasteiger partial charge >= 0.3 is 0 Å². The van der Waals surface area contributed by atoms with Crippen molar-refractivity contribution in [3.8, 4) is 0 Å². The van der Waals surface area contributed by atoms with E-state index in [1.807, 2.05) is 13.8 Å². The molecule has 118 valence electrons. The third kappa shape index (κ3) is 3.01. The lowest BCUT2D eigenvalue weighted by Gasteiger charge is -2.29. The van der Waals surface area contributed by atoms with Crippen molar-refractivity contribution in [2.24, 2.45) is 4.99 Å². The minimum atomic E-state index is -0.710. The predicted octanol–water partition coefficient (Wildman–Crippen LogP) is 1.26. The summed E-state index contributed by atoms with van der Waals surface area (Å²) < 4.78 is 0. The Morgan fingerprint density at radius 1 is 1.45 bits per heavy atom. The average molecular weight is 322 g/mol. The van der Waals surface area contributed by atoms with E-state index < -0.39 is 11.9 Å². The Morgan fingerprint density at radius 2 is 2.14 bits per heavy atom. The number of imide groups is 1. The highest BCUT2D eigenvalue weighted by Crippen LogP contribution is 2.36. The number of nitrogens with two attached hydrogens (primary N) is 1. The zero-order chi connectivity index (χ0) is 16.4. The lowest BCUT2D eigenvalue weighted by molar-refractivity contribution is -0.138. The number of thiophene rings is 1. The average Bonchev–Trinajstić information content (AvgIpc) is 2.69. The SMILES string of the molecule is C/C(=N/c1sc(C)c(N)c1C)N(C=O)C1CCC(=O)NC1=O. The molecule has 2 heterocycles. The van der Waals surface area contributed by atoms with Crippen LogP contribution in [0.2, 0.25) is 0 Å². The van der Waals surface area contributed by atoms with Crippen LogP contribution in [0.25, 0.3) is 0 Å². The van der Waals surface area contributed by atoms with Crippen LogP contribution in [0.1, 0.15) is 30.2 Å². The van der Waals surface area contributed by atoms with Crippen molar-refractivity contribution in [1.82, 2.24) is 10.2 Å². The molecule has 2 rings (SSSR count). The number of aliphatic imine (C=N–C) groups is 1. The summed E-state index contributed by atoms with van der Waals surface area (Å²) >= 11 is 1.44. The van der Waals surface area contributed by atoms with Crippen LogP contribution < -0.4 is 11.1 Å². The largest absolute Gasteiger partial charge is 0.398 e. The van der Waals surface area contributed by atoms with Crippen LogP contribution in [-0.4, -0.2) is 35.0 Å². The molecule has 1 aliphatic rings. The van der Waals surface area contributed by atoms with Crippen molar-refractivity contribution in [2.45, 2.75) is 39.7 Å². The van der Waals surface area contributed by atoms with E-state index in [0.29, 0.717) is 29.4 Å². The zero-order valence-corrected chi connectivity index (χ0v) is 13.5. The third-order valence-corrected chi connectivity index (χ3v) is 4.77. The molecular weight excluding hydrogens is 304 g/mol. The molecule has 0 aliphatic carbocycles. The zero-order valence-electron chi connectivity index (χ0n) is 12.7. The smallest absolute Gasteiger partial charge is 0.249 e. The van der Waals surface area contributed by atoms with Gasteiger partial charge in [-0.25, -0.2) is 4.99 Å². The van der Waals surface area contributed by atoms with E-state index in [1.165, 1.54) is 16.2 Å². The van der Waals surface area contributed by atoms with Crippen molar-refractivity contribution in [2.75, 3.05) is 5.73 Å². The van der Waals surface area contributed by atoms with Crippen LogP contribution in [0.4, 0.5) is 10.7 Å². The molecule has 3 amide bonds. The molecule has 1 fully saturated rings. The minimum Gasteiger partial charge on any atom is -0.398 e. The molecule has 0 bridgehead atoms. The van der Waals surface area contributed by atoms with Gasteiger partial charge in [-0.1, -0.05) is 0 Å². The van der Waals surface area contributed by atoms with Gasteiger partial charge in [0.2, 0.25) is 18.2 Å². The summed E-state index contributed by atoms with van der Waals surface area (Å²) in [6.45, 7) is 5.42. The van der Waals surface area contributed by atoms with Gasteiger partial charge in [-0.15, -0.1) is 11.3 Å². The number of hydrogen-bond donors (Lipinski definition) is 2. The fraction of sp³-hybridized carbons (Fsp3) is 0.429. The van der Waals surface area contributed by atoms with Crippen LogP contribution in [0.15, 0.2) is 4.99 Å². The normalized spacial score (nSPS) is 19.0. The first-order valence-corrected chi connectivity index (χ1v) is 7.65. The van der Waals surface area contributed by atoms with Gasteiger partial charge in [0.05, 0.1) is 5.69 Å². The Morgan fingerprint density at radius 3 is 2.64 bits per heavy atom. The maximum absolute atomic E-state index is 11.9. The van der Waals surface area contributed by atoms with Gasteiger partial charge in [0.15, 0.2) is 0 Å². The summed E-state index contributed by atoms with van der Waals surface area (Å²) in [4.78, 5) is 41.1. The summed E-state index contributed by atoms with van der Waals surface area (Å²) in [5.74, 6) is -0.399. The number of anilines is 1. The van der Waals surface area contributed by atoms with Crippen LogP contribution in [0.5, 0.6) is 0 Å². The molecule has 0 saturated carbocycles. The molecule has 1 aromatic rings. The second-order valence-electron chi connectivity index (χ2n) is 5.14. The molecule has 1 aliphatic heterocycles. The van der Waals surface area contributed by atoms with Crippen LogP contribution >= 0.6 is 11.3 Å². The number of piperidine rings is 1. The summed E-state index contributed by atoms with van der Waals surface area (Å²) in [5.41, 5.74) is 7.47. The van der Waals surface area contributed by atoms with E-state index in [-0.39, 0.29) is 12.3 Å². The van der Waals surface area contributed by atoms with Crippen molar-refractivity contribution >= 4 is 46.1 Å². The number of carbonyl (C=O) groups is 3. The molecule has 0 radical (unpaired) electrons. The molecule has 3 N–H and O–H groups in total. The van der Waals surface area contributed by atoms with Gasteiger partial charge in [-0.3, -0.25) is 24.6 Å². The number of aryl methyl sites for hydroxylation is 1. The second-order valence-corrected chi connectivity index (χ2v) is 6.34. The number of nitrogen functional groups attached to an aromatic ring is 1. The third-order valence-electron chi connectivity index (χ3n) is 3.65. The molecule has 1 aromatic heterocycles. The first-order valence-electron chi connectivity index (χ1n) is 6.83. The number of amides is 3. The fourth-order valence-corrected chi connectivity index (χ4v) is 3.28.